The number of anilines is 1. The molecule has 1 saturated heterocycles. The molecule has 0 bridgehead atoms. The molecule has 7 heteroatoms. The predicted octanol–water partition coefficient (Wildman–Crippen LogP) is 5.97. The minimum atomic E-state index is -0.307. The van der Waals surface area contributed by atoms with Crippen LogP contribution in [0.5, 0.6) is 0 Å². The summed E-state index contributed by atoms with van der Waals surface area (Å²) in [5.74, 6) is 0.569. The molecule has 2 heterocycles. The molecule has 176 valence electrons. The van der Waals surface area contributed by atoms with Gasteiger partial charge in [0.05, 0.1) is 0 Å². The van der Waals surface area contributed by atoms with Gasteiger partial charge in [0.15, 0.2) is 5.78 Å². The van der Waals surface area contributed by atoms with Crippen molar-refractivity contribution in [1.82, 2.24) is 9.88 Å². The number of carbonyl (C=O) groups is 2. The average molecular weight is 521 g/mol. The second-order valence-corrected chi connectivity index (χ2v) is 8.96. The number of rotatable bonds is 6. The van der Waals surface area contributed by atoms with Crippen LogP contribution in [0.4, 0.5) is 5.82 Å². The molecule has 0 aliphatic carbocycles. The van der Waals surface area contributed by atoms with Gasteiger partial charge in [-0.3, -0.25) is 15.0 Å². The van der Waals surface area contributed by atoms with Crippen molar-refractivity contribution in [1.29, 1.82) is 5.41 Å². The number of halogens is 1. The van der Waals surface area contributed by atoms with Gasteiger partial charge in [0, 0.05) is 46.9 Å². The maximum Gasteiger partial charge on any atom is 0.257 e. The third-order valence-corrected chi connectivity index (χ3v) is 6.20. The van der Waals surface area contributed by atoms with Gasteiger partial charge in [-0.15, -0.1) is 0 Å². The molecule has 0 radical (unpaired) electrons. The molecule has 1 aliphatic heterocycles. The minimum absolute atomic E-state index is 0. The molecule has 1 aromatic heterocycles. The number of amidine groups is 1. The van der Waals surface area contributed by atoms with Crippen LogP contribution >= 0.6 is 15.9 Å². The van der Waals surface area contributed by atoms with Crippen molar-refractivity contribution in [3.05, 3.63) is 93.6 Å². The topological polar surface area (TPSA) is 86.1 Å². The number of nitrogens with one attached hydrogen (secondary N) is 2. The Morgan fingerprint density at radius 2 is 1.62 bits per heavy atom. The van der Waals surface area contributed by atoms with Crippen molar-refractivity contribution in [3.63, 3.8) is 0 Å². The lowest BCUT2D eigenvalue weighted by molar-refractivity contribution is 0.0992. The highest BCUT2D eigenvalue weighted by atomic mass is 79.9. The van der Waals surface area contributed by atoms with Crippen molar-refractivity contribution in [2.45, 2.75) is 33.1 Å². The number of ketones is 1. The zero-order chi connectivity index (χ0) is 23.2. The van der Waals surface area contributed by atoms with Gasteiger partial charge in [0.2, 0.25) is 0 Å². The number of likely N-dealkylation sites (tertiary alicyclic amines) is 1. The Balaban J connectivity index is 0.00000324. The summed E-state index contributed by atoms with van der Waals surface area (Å²) < 4.78 is 0.823. The number of piperidine rings is 1. The lowest BCUT2D eigenvalue weighted by atomic mass is 9.97. The second-order valence-electron chi connectivity index (χ2n) is 8.05. The monoisotopic (exact) mass is 520 g/mol. The number of Topliss-reactive ketones (excluding diaryl/α,β-unsaturated/α-hetero) is 1. The molecule has 0 unspecified atom stereocenters. The van der Waals surface area contributed by atoms with E-state index in [0.29, 0.717) is 28.3 Å². The van der Waals surface area contributed by atoms with Gasteiger partial charge in [-0.25, -0.2) is 4.98 Å². The Kier molecular flexibility index (Phi) is 8.71. The summed E-state index contributed by atoms with van der Waals surface area (Å²) in [5, 5.41) is 11.2. The molecule has 4 rings (SSSR count). The van der Waals surface area contributed by atoms with Crippen LogP contribution in [0.25, 0.3) is 0 Å². The Labute approximate surface area is 209 Å². The van der Waals surface area contributed by atoms with Crippen molar-refractivity contribution >= 4 is 39.3 Å². The Bertz CT molecular complexity index is 1150. The number of amides is 1. The highest BCUT2D eigenvalue weighted by molar-refractivity contribution is 9.10. The van der Waals surface area contributed by atoms with Crippen molar-refractivity contribution in [2.75, 3.05) is 18.4 Å². The van der Waals surface area contributed by atoms with Gasteiger partial charge in [-0.05, 0) is 59.0 Å². The molecule has 0 saturated carbocycles. The fourth-order valence-electron chi connectivity index (χ4n) is 3.92. The molecule has 2 N–H and O–H groups in total. The highest BCUT2D eigenvalue weighted by Crippen LogP contribution is 2.18. The van der Waals surface area contributed by atoms with Gasteiger partial charge in [-0.1, -0.05) is 49.9 Å². The lowest BCUT2D eigenvalue weighted by Crippen LogP contribution is -2.35. The normalized spacial score (nSPS) is 13.0. The highest BCUT2D eigenvalue weighted by Gasteiger charge is 2.17. The first kappa shape index (κ1) is 25.3. The van der Waals surface area contributed by atoms with Crippen molar-refractivity contribution < 1.29 is 9.59 Å². The quantitative estimate of drug-likeness (QED) is 0.238. The Morgan fingerprint density at radius 3 is 2.29 bits per heavy atom. The molecule has 34 heavy (non-hydrogen) atoms. The lowest BCUT2D eigenvalue weighted by Gasteiger charge is -2.29. The fourth-order valence-corrected chi connectivity index (χ4v) is 4.15. The molecule has 1 aliphatic rings. The number of benzene rings is 2. The number of hydrogen-bond donors (Lipinski definition) is 2. The van der Waals surface area contributed by atoms with E-state index in [1.807, 2.05) is 18.2 Å². The average Bonchev–Trinajstić information content (AvgIpc) is 2.86. The van der Waals surface area contributed by atoms with E-state index in [1.165, 1.54) is 6.42 Å². The summed E-state index contributed by atoms with van der Waals surface area (Å²) in [4.78, 5) is 32.0. The van der Waals surface area contributed by atoms with E-state index in [-0.39, 0.29) is 25.5 Å². The predicted molar refractivity (Wildman–Crippen MR) is 140 cm³/mol. The molecule has 1 fully saturated rings. The molecular weight excluding hydrogens is 492 g/mol. The van der Waals surface area contributed by atoms with Gasteiger partial charge in [0.1, 0.15) is 11.7 Å². The van der Waals surface area contributed by atoms with Crippen LogP contribution in [0.2, 0.25) is 0 Å². The van der Waals surface area contributed by atoms with E-state index >= 15 is 0 Å². The van der Waals surface area contributed by atoms with E-state index in [0.717, 1.165) is 36.0 Å². The Hall–Kier alpha value is -3.32. The number of pyridine rings is 1. The van der Waals surface area contributed by atoms with Crippen LogP contribution in [0.3, 0.4) is 0 Å². The summed E-state index contributed by atoms with van der Waals surface area (Å²) in [6.45, 7) is 1.82. The maximum absolute atomic E-state index is 13.0. The second kappa shape index (κ2) is 11.7. The van der Waals surface area contributed by atoms with E-state index in [9.17, 15) is 9.59 Å². The van der Waals surface area contributed by atoms with Crippen LogP contribution in [0.15, 0.2) is 71.3 Å². The number of carbonyl (C=O) groups excluding carboxylic acids is 2. The number of hydrogen-bond acceptors (Lipinski definition) is 4. The van der Waals surface area contributed by atoms with Crippen LogP contribution in [-0.4, -0.2) is 40.5 Å². The van der Waals surface area contributed by atoms with E-state index < -0.39 is 0 Å². The molecule has 0 atom stereocenters. The third kappa shape index (κ3) is 6.17. The number of aromatic nitrogens is 1. The molecule has 1 amide bonds. The van der Waals surface area contributed by atoms with E-state index in [2.05, 4.69) is 31.1 Å². The first-order valence-corrected chi connectivity index (χ1v) is 11.8. The summed E-state index contributed by atoms with van der Waals surface area (Å²) in [6.07, 6.45) is 5.17. The fraction of sp³-hybridized carbons (Fsp3) is 0.259. The standard InChI is InChI=1S/C26H25BrN4O2.CH4/c27-21-12-13-24(29-17-21)30-26(33)22-7-3-2-6-20(22)16-23(32)18-8-10-19(11-9-18)25(28)31-14-4-1-5-15-31;/h2-3,6-13,17,28H,1,4-5,14-16H2,(H,29,30,33);1H4. The zero-order valence-electron chi connectivity index (χ0n) is 18.2. The molecule has 2 aromatic carbocycles. The molecule has 0 spiro atoms. The first-order valence-electron chi connectivity index (χ1n) is 11.0. The summed E-state index contributed by atoms with van der Waals surface area (Å²) in [5.41, 5.74) is 2.48. The van der Waals surface area contributed by atoms with Crippen molar-refractivity contribution in [3.8, 4) is 0 Å². The van der Waals surface area contributed by atoms with Crippen LogP contribution in [0, 0.1) is 5.41 Å². The van der Waals surface area contributed by atoms with Crippen molar-refractivity contribution in [2.24, 2.45) is 0 Å². The van der Waals surface area contributed by atoms with Crippen LogP contribution in [-0.2, 0) is 6.42 Å². The first-order chi connectivity index (χ1) is 16.0. The molecular formula is C27H29BrN4O2. The molecule has 3 aromatic rings. The Morgan fingerprint density at radius 1 is 0.941 bits per heavy atom. The summed E-state index contributed by atoms with van der Waals surface area (Å²) in [6, 6.07) is 17.8. The smallest absolute Gasteiger partial charge is 0.257 e. The van der Waals surface area contributed by atoms with Gasteiger partial charge < -0.3 is 10.2 Å². The number of nitrogens with zero attached hydrogens (tertiary/aromatic N) is 2. The third-order valence-electron chi connectivity index (χ3n) is 5.73. The van der Waals surface area contributed by atoms with Crippen LogP contribution in [0.1, 0.15) is 58.5 Å². The minimum Gasteiger partial charge on any atom is -0.357 e. The zero-order valence-corrected chi connectivity index (χ0v) is 19.8. The summed E-state index contributed by atoms with van der Waals surface area (Å²) >= 11 is 3.32. The van der Waals surface area contributed by atoms with Gasteiger partial charge >= 0.3 is 0 Å². The molecule has 6 nitrogen and oxygen atoms in total. The maximum atomic E-state index is 13.0. The van der Waals surface area contributed by atoms with Crippen LogP contribution < -0.4 is 5.32 Å². The SMILES string of the molecule is C.N=C(c1ccc(C(=O)Cc2ccccc2C(=O)Nc2ccc(Br)cn2)cc1)N1CCCCC1. The largest absolute Gasteiger partial charge is 0.357 e. The van der Waals surface area contributed by atoms with Gasteiger partial charge in [-0.2, -0.15) is 0 Å². The van der Waals surface area contributed by atoms with E-state index in [1.54, 1.807) is 48.7 Å². The summed E-state index contributed by atoms with van der Waals surface area (Å²) in [7, 11) is 0. The van der Waals surface area contributed by atoms with E-state index in [4.69, 9.17) is 5.41 Å². The van der Waals surface area contributed by atoms with Gasteiger partial charge in [0.25, 0.3) is 5.91 Å².